The number of benzene rings is 2. The topological polar surface area (TPSA) is 92.5 Å². The highest BCUT2D eigenvalue weighted by atomic mass is 35.5. The van der Waals surface area contributed by atoms with Crippen LogP contribution in [-0.2, 0) is 10.0 Å². The number of rotatable bonds is 4. The van der Waals surface area contributed by atoms with Crippen LogP contribution in [0.3, 0.4) is 0 Å². The molecule has 7 nitrogen and oxygen atoms in total. The molecule has 0 bridgehead atoms. The van der Waals surface area contributed by atoms with E-state index in [0.29, 0.717) is 23.7 Å². The van der Waals surface area contributed by atoms with E-state index in [0.717, 1.165) is 0 Å². The molecular weight excluding hydrogens is 378 g/mol. The summed E-state index contributed by atoms with van der Waals surface area (Å²) in [6.45, 7) is 2.61. The number of hydrogen-bond donors (Lipinski definition) is 1. The normalized spacial score (nSPS) is 18.6. The Bertz CT molecular complexity index is 949. The Hall–Kier alpha value is -2.00. The molecule has 3 rings (SSSR count). The zero-order valence-corrected chi connectivity index (χ0v) is 15.6. The minimum atomic E-state index is -3.93. The van der Waals surface area contributed by atoms with Crippen LogP contribution in [0.15, 0.2) is 47.4 Å². The van der Waals surface area contributed by atoms with E-state index in [9.17, 15) is 18.5 Å². The number of piperazine rings is 1. The SMILES string of the molecule is Cc1c([N+](=O)[O-])cccc1S(=O)(=O)N1CCNCC1c1ccccc1Cl. The van der Waals surface area contributed by atoms with Gasteiger partial charge in [-0.05, 0) is 24.6 Å². The predicted octanol–water partition coefficient (Wildman–Crippen LogP) is 2.89. The Morgan fingerprint density at radius 3 is 2.65 bits per heavy atom. The van der Waals surface area contributed by atoms with Crippen molar-refractivity contribution in [1.29, 1.82) is 0 Å². The van der Waals surface area contributed by atoms with Crippen LogP contribution in [0.5, 0.6) is 0 Å². The lowest BCUT2D eigenvalue weighted by atomic mass is 10.1. The highest BCUT2D eigenvalue weighted by Crippen LogP contribution is 2.35. The van der Waals surface area contributed by atoms with Crippen molar-refractivity contribution in [1.82, 2.24) is 9.62 Å². The summed E-state index contributed by atoms with van der Waals surface area (Å²) in [5.74, 6) is 0. The molecule has 0 aliphatic carbocycles. The van der Waals surface area contributed by atoms with Crippen molar-refractivity contribution in [2.24, 2.45) is 0 Å². The zero-order chi connectivity index (χ0) is 18.9. The predicted molar refractivity (Wildman–Crippen MR) is 98.8 cm³/mol. The summed E-state index contributed by atoms with van der Waals surface area (Å²) in [6.07, 6.45) is 0. The molecule has 2 aromatic rings. The van der Waals surface area contributed by atoms with Crippen LogP contribution in [0, 0.1) is 17.0 Å². The molecule has 138 valence electrons. The van der Waals surface area contributed by atoms with Crippen molar-refractivity contribution in [2.45, 2.75) is 17.9 Å². The maximum Gasteiger partial charge on any atom is 0.273 e. The van der Waals surface area contributed by atoms with Crippen molar-refractivity contribution in [3.63, 3.8) is 0 Å². The summed E-state index contributed by atoms with van der Waals surface area (Å²) < 4.78 is 28.0. The van der Waals surface area contributed by atoms with Crippen LogP contribution in [-0.4, -0.2) is 37.3 Å². The summed E-state index contributed by atoms with van der Waals surface area (Å²) >= 11 is 6.28. The number of nitrogens with one attached hydrogen (secondary N) is 1. The third kappa shape index (κ3) is 3.33. The minimum absolute atomic E-state index is 0.0503. The highest BCUT2D eigenvalue weighted by molar-refractivity contribution is 7.89. The Morgan fingerprint density at radius 2 is 1.96 bits per heavy atom. The Morgan fingerprint density at radius 1 is 1.23 bits per heavy atom. The third-order valence-corrected chi connectivity index (χ3v) is 6.89. The van der Waals surface area contributed by atoms with Crippen molar-refractivity contribution >= 4 is 27.3 Å². The first kappa shape index (κ1) is 18.8. The first-order valence-corrected chi connectivity index (χ1v) is 9.87. The van der Waals surface area contributed by atoms with Gasteiger partial charge in [0.1, 0.15) is 0 Å². The van der Waals surface area contributed by atoms with Gasteiger partial charge in [0.2, 0.25) is 10.0 Å². The van der Waals surface area contributed by atoms with E-state index < -0.39 is 21.0 Å². The van der Waals surface area contributed by atoms with E-state index in [1.807, 2.05) is 0 Å². The quantitative estimate of drug-likeness (QED) is 0.634. The van der Waals surface area contributed by atoms with Crippen molar-refractivity contribution in [2.75, 3.05) is 19.6 Å². The van der Waals surface area contributed by atoms with Gasteiger partial charge in [-0.25, -0.2) is 8.42 Å². The van der Waals surface area contributed by atoms with Crippen LogP contribution in [0.4, 0.5) is 5.69 Å². The minimum Gasteiger partial charge on any atom is -0.313 e. The zero-order valence-electron chi connectivity index (χ0n) is 14.1. The van der Waals surface area contributed by atoms with Gasteiger partial charge in [0.15, 0.2) is 0 Å². The van der Waals surface area contributed by atoms with E-state index in [2.05, 4.69) is 5.32 Å². The molecule has 1 atom stereocenters. The van der Waals surface area contributed by atoms with Crippen LogP contribution in [0.1, 0.15) is 17.2 Å². The maximum atomic E-state index is 13.3. The van der Waals surface area contributed by atoms with Gasteiger partial charge in [-0.2, -0.15) is 4.31 Å². The molecule has 1 heterocycles. The second-order valence-corrected chi connectivity index (χ2v) is 8.28. The molecule has 0 amide bonds. The lowest BCUT2D eigenvalue weighted by Gasteiger charge is -2.36. The molecule has 0 spiro atoms. The van der Waals surface area contributed by atoms with Crippen molar-refractivity contribution in [3.05, 3.63) is 68.7 Å². The van der Waals surface area contributed by atoms with Crippen LogP contribution in [0.2, 0.25) is 5.02 Å². The van der Waals surface area contributed by atoms with Crippen LogP contribution < -0.4 is 5.32 Å². The van der Waals surface area contributed by atoms with Gasteiger partial charge < -0.3 is 5.32 Å². The van der Waals surface area contributed by atoms with E-state index in [-0.39, 0.29) is 22.7 Å². The molecule has 0 radical (unpaired) electrons. The summed E-state index contributed by atoms with van der Waals surface area (Å²) in [4.78, 5) is 10.6. The van der Waals surface area contributed by atoms with Gasteiger partial charge in [0.05, 0.1) is 15.9 Å². The molecule has 1 saturated heterocycles. The van der Waals surface area contributed by atoms with Gasteiger partial charge in [-0.1, -0.05) is 35.9 Å². The van der Waals surface area contributed by atoms with Gasteiger partial charge in [0.25, 0.3) is 5.69 Å². The second-order valence-electron chi connectivity index (χ2n) is 6.01. The first-order chi connectivity index (χ1) is 12.3. The average Bonchev–Trinajstić information content (AvgIpc) is 2.62. The molecule has 0 aromatic heterocycles. The molecule has 2 aromatic carbocycles. The number of hydrogen-bond acceptors (Lipinski definition) is 5. The number of nitro benzene ring substituents is 1. The molecule has 1 unspecified atom stereocenters. The summed E-state index contributed by atoms with van der Waals surface area (Å²) in [5.41, 5.74) is 0.623. The number of halogens is 1. The lowest BCUT2D eigenvalue weighted by molar-refractivity contribution is -0.385. The fraction of sp³-hybridized carbons (Fsp3) is 0.294. The van der Waals surface area contributed by atoms with E-state index in [4.69, 9.17) is 11.6 Å². The number of nitrogens with zero attached hydrogens (tertiary/aromatic N) is 2. The second kappa shape index (κ2) is 7.32. The Balaban J connectivity index is 2.09. The van der Waals surface area contributed by atoms with Gasteiger partial charge in [0, 0.05) is 36.3 Å². The number of nitro groups is 1. The fourth-order valence-corrected chi connectivity index (χ4v) is 5.30. The highest BCUT2D eigenvalue weighted by Gasteiger charge is 2.37. The van der Waals surface area contributed by atoms with E-state index in [1.54, 1.807) is 24.3 Å². The van der Waals surface area contributed by atoms with E-state index in [1.165, 1.54) is 29.4 Å². The molecule has 1 fully saturated rings. The monoisotopic (exact) mass is 395 g/mol. The molecule has 9 heteroatoms. The lowest BCUT2D eigenvalue weighted by Crippen LogP contribution is -2.48. The average molecular weight is 396 g/mol. The Labute approximate surface area is 156 Å². The smallest absolute Gasteiger partial charge is 0.273 e. The molecule has 0 saturated carbocycles. The molecule has 26 heavy (non-hydrogen) atoms. The fourth-order valence-electron chi connectivity index (χ4n) is 3.19. The maximum absolute atomic E-state index is 13.3. The summed E-state index contributed by atoms with van der Waals surface area (Å²) in [7, 11) is -3.93. The van der Waals surface area contributed by atoms with Gasteiger partial charge in [-0.15, -0.1) is 0 Å². The Kier molecular flexibility index (Phi) is 5.29. The third-order valence-electron chi connectivity index (χ3n) is 4.50. The summed E-state index contributed by atoms with van der Waals surface area (Å²) in [6, 6.07) is 10.7. The summed E-state index contributed by atoms with van der Waals surface area (Å²) in [5, 5.41) is 14.8. The van der Waals surface area contributed by atoms with Crippen molar-refractivity contribution in [3.8, 4) is 0 Å². The molecular formula is C17H18ClN3O4S. The van der Waals surface area contributed by atoms with E-state index >= 15 is 0 Å². The number of sulfonamides is 1. The largest absolute Gasteiger partial charge is 0.313 e. The van der Waals surface area contributed by atoms with Crippen LogP contribution >= 0.6 is 11.6 Å². The first-order valence-electron chi connectivity index (χ1n) is 8.05. The van der Waals surface area contributed by atoms with Gasteiger partial charge >= 0.3 is 0 Å². The molecule has 1 aliphatic rings. The van der Waals surface area contributed by atoms with Crippen molar-refractivity contribution < 1.29 is 13.3 Å². The van der Waals surface area contributed by atoms with Crippen LogP contribution in [0.25, 0.3) is 0 Å². The van der Waals surface area contributed by atoms with Gasteiger partial charge in [-0.3, -0.25) is 10.1 Å². The molecule has 1 N–H and O–H groups in total. The molecule has 1 aliphatic heterocycles. The standard InChI is InChI=1S/C17H18ClN3O4S/c1-12-15(21(22)23)7-4-8-17(12)26(24,25)20-10-9-19-11-16(20)13-5-2-3-6-14(13)18/h2-8,16,19H,9-11H2,1H3.